The van der Waals surface area contributed by atoms with Crippen molar-refractivity contribution in [3.8, 4) is 0 Å². The van der Waals surface area contributed by atoms with E-state index in [4.69, 9.17) is 0 Å². The van der Waals surface area contributed by atoms with Crippen LogP contribution < -0.4 is 5.32 Å². The second kappa shape index (κ2) is 8.08. The van der Waals surface area contributed by atoms with Crippen LogP contribution in [0.25, 0.3) is 0 Å². The summed E-state index contributed by atoms with van der Waals surface area (Å²) >= 11 is 0. The Labute approximate surface area is 129 Å². The van der Waals surface area contributed by atoms with Gasteiger partial charge in [-0.1, -0.05) is 29.8 Å². The lowest BCUT2D eigenvalue weighted by molar-refractivity contribution is -0.187. The summed E-state index contributed by atoms with van der Waals surface area (Å²) in [4.78, 5) is 1.50. The van der Waals surface area contributed by atoms with Crippen molar-refractivity contribution in [2.45, 2.75) is 19.1 Å². The molecular formula is C13H19Cl2F3N2. The minimum atomic E-state index is -4.23. The van der Waals surface area contributed by atoms with Crippen molar-refractivity contribution in [1.82, 2.24) is 10.2 Å². The Kier molecular flexibility index (Phi) is 7.88. The number of nitrogens with zero attached hydrogens (tertiary/aromatic N) is 1. The van der Waals surface area contributed by atoms with E-state index < -0.39 is 12.2 Å². The first-order valence-corrected chi connectivity index (χ1v) is 6.06. The average molecular weight is 331 g/mol. The van der Waals surface area contributed by atoms with Crippen LogP contribution in [0.4, 0.5) is 13.2 Å². The molecule has 2 rings (SSSR count). The molecule has 1 aliphatic rings. The number of rotatable bonds is 2. The highest BCUT2D eigenvalue weighted by Gasteiger charge is 2.44. The maximum absolute atomic E-state index is 13.2. The number of hydrogen-bond donors (Lipinski definition) is 1. The number of alkyl halides is 3. The lowest BCUT2D eigenvalue weighted by atomic mass is 10.0. The van der Waals surface area contributed by atoms with Gasteiger partial charge in [0.05, 0.1) is 0 Å². The minimum Gasteiger partial charge on any atom is -0.314 e. The maximum Gasteiger partial charge on any atom is 0.408 e. The van der Waals surface area contributed by atoms with Gasteiger partial charge >= 0.3 is 6.18 Å². The zero-order chi connectivity index (χ0) is 13.2. The van der Waals surface area contributed by atoms with Gasteiger partial charge in [0.2, 0.25) is 0 Å². The van der Waals surface area contributed by atoms with Crippen LogP contribution in [-0.4, -0.2) is 37.3 Å². The lowest BCUT2D eigenvalue weighted by Crippen LogP contribution is -2.49. The third kappa shape index (κ3) is 4.81. The highest BCUT2D eigenvalue weighted by Crippen LogP contribution is 2.37. The van der Waals surface area contributed by atoms with Gasteiger partial charge in [0.1, 0.15) is 6.04 Å². The Morgan fingerprint density at radius 2 is 1.55 bits per heavy atom. The Morgan fingerprint density at radius 3 is 2.00 bits per heavy atom. The second-order valence-electron chi connectivity index (χ2n) is 4.64. The molecule has 0 spiro atoms. The van der Waals surface area contributed by atoms with E-state index in [1.807, 2.05) is 6.92 Å². The van der Waals surface area contributed by atoms with E-state index in [1.165, 1.54) is 4.90 Å². The average Bonchev–Trinajstić information content (AvgIpc) is 2.32. The zero-order valence-corrected chi connectivity index (χ0v) is 12.7. The molecule has 1 N–H and O–H groups in total. The van der Waals surface area contributed by atoms with E-state index in [-0.39, 0.29) is 24.8 Å². The number of piperazine rings is 1. The third-order valence-electron chi connectivity index (χ3n) is 3.22. The second-order valence-corrected chi connectivity index (χ2v) is 4.64. The van der Waals surface area contributed by atoms with Crippen LogP contribution in [0.1, 0.15) is 17.2 Å². The molecule has 0 radical (unpaired) electrons. The Bertz CT molecular complexity index is 390. The number of aryl methyl sites for hydroxylation is 1. The molecule has 0 saturated carbocycles. The van der Waals surface area contributed by atoms with E-state index in [9.17, 15) is 13.2 Å². The topological polar surface area (TPSA) is 15.3 Å². The summed E-state index contributed by atoms with van der Waals surface area (Å²) < 4.78 is 39.7. The Morgan fingerprint density at radius 1 is 1.05 bits per heavy atom. The summed E-state index contributed by atoms with van der Waals surface area (Å²) in [6.07, 6.45) is -4.23. The highest BCUT2D eigenvalue weighted by molar-refractivity contribution is 5.85. The number of nitrogens with one attached hydrogen (secondary N) is 1. The first-order valence-electron chi connectivity index (χ1n) is 6.06. The van der Waals surface area contributed by atoms with Gasteiger partial charge in [-0.15, -0.1) is 24.8 Å². The summed E-state index contributed by atoms with van der Waals surface area (Å²) in [5.74, 6) is 0. The van der Waals surface area contributed by atoms with Gasteiger partial charge in [0.15, 0.2) is 0 Å². The van der Waals surface area contributed by atoms with Crippen molar-refractivity contribution < 1.29 is 13.2 Å². The SMILES string of the molecule is Cc1ccc([C@H](N2CCNCC2)C(F)(F)F)cc1.Cl.Cl. The summed E-state index contributed by atoms with van der Waals surface area (Å²) in [5, 5.41) is 3.07. The fourth-order valence-corrected chi connectivity index (χ4v) is 2.30. The van der Waals surface area contributed by atoms with Crippen molar-refractivity contribution in [1.29, 1.82) is 0 Å². The Balaban J connectivity index is 0.00000180. The first kappa shape index (κ1) is 19.5. The predicted octanol–water partition coefficient (Wildman–Crippen LogP) is 3.35. The van der Waals surface area contributed by atoms with Crippen LogP contribution in [0.5, 0.6) is 0 Å². The number of halogens is 5. The quantitative estimate of drug-likeness (QED) is 0.894. The van der Waals surface area contributed by atoms with Crippen LogP contribution in [0, 0.1) is 6.92 Å². The van der Waals surface area contributed by atoms with E-state index in [0.29, 0.717) is 31.7 Å². The van der Waals surface area contributed by atoms with Gasteiger partial charge in [-0.2, -0.15) is 13.2 Å². The van der Waals surface area contributed by atoms with E-state index in [0.717, 1.165) is 5.56 Å². The van der Waals surface area contributed by atoms with Gasteiger partial charge in [-0.25, -0.2) is 0 Å². The van der Waals surface area contributed by atoms with E-state index in [2.05, 4.69) is 5.32 Å². The number of benzene rings is 1. The van der Waals surface area contributed by atoms with E-state index >= 15 is 0 Å². The molecule has 1 aromatic carbocycles. The normalized spacial score (nSPS) is 17.8. The molecule has 1 fully saturated rings. The molecule has 0 aliphatic carbocycles. The molecule has 1 atom stereocenters. The molecule has 1 saturated heterocycles. The molecule has 1 aromatic rings. The molecule has 2 nitrogen and oxygen atoms in total. The van der Waals surface area contributed by atoms with E-state index in [1.54, 1.807) is 24.3 Å². The largest absolute Gasteiger partial charge is 0.408 e. The molecule has 20 heavy (non-hydrogen) atoms. The molecule has 0 unspecified atom stereocenters. The highest BCUT2D eigenvalue weighted by atomic mass is 35.5. The van der Waals surface area contributed by atoms with Crippen molar-refractivity contribution in [2.75, 3.05) is 26.2 Å². The Hall–Kier alpha value is -0.490. The summed E-state index contributed by atoms with van der Waals surface area (Å²) in [5.41, 5.74) is 1.30. The van der Waals surface area contributed by atoms with Crippen LogP contribution in [0.2, 0.25) is 0 Å². The standard InChI is InChI=1S/C13H17F3N2.2ClH/c1-10-2-4-11(5-3-10)12(13(14,15)16)18-8-6-17-7-9-18;;/h2-5,12,17H,6-9H2,1H3;2*1H/t12-;;/m0../s1. The molecule has 1 aliphatic heterocycles. The summed E-state index contributed by atoms with van der Waals surface area (Å²) in [6.45, 7) is 3.95. The van der Waals surface area contributed by atoms with Crippen molar-refractivity contribution in [3.05, 3.63) is 35.4 Å². The van der Waals surface area contributed by atoms with Crippen LogP contribution in [-0.2, 0) is 0 Å². The van der Waals surface area contributed by atoms with Gasteiger partial charge in [0, 0.05) is 26.2 Å². The monoisotopic (exact) mass is 330 g/mol. The fourth-order valence-electron chi connectivity index (χ4n) is 2.30. The third-order valence-corrected chi connectivity index (χ3v) is 3.22. The smallest absolute Gasteiger partial charge is 0.314 e. The van der Waals surface area contributed by atoms with Crippen molar-refractivity contribution in [3.63, 3.8) is 0 Å². The number of hydrogen-bond acceptors (Lipinski definition) is 2. The molecular weight excluding hydrogens is 312 g/mol. The van der Waals surface area contributed by atoms with Crippen molar-refractivity contribution in [2.24, 2.45) is 0 Å². The summed E-state index contributed by atoms with van der Waals surface area (Å²) in [6, 6.07) is 5.14. The molecule has 7 heteroatoms. The van der Waals surface area contributed by atoms with Crippen LogP contribution in [0.3, 0.4) is 0 Å². The molecule has 1 heterocycles. The maximum atomic E-state index is 13.2. The lowest BCUT2D eigenvalue weighted by Gasteiger charge is -2.36. The summed E-state index contributed by atoms with van der Waals surface area (Å²) in [7, 11) is 0. The van der Waals surface area contributed by atoms with Crippen LogP contribution >= 0.6 is 24.8 Å². The molecule has 0 aromatic heterocycles. The van der Waals surface area contributed by atoms with Gasteiger partial charge in [0.25, 0.3) is 0 Å². The predicted molar refractivity (Wildman–Crippen MR) is 78.9 cm³/mol. The first-order chi connectivity index (χ1) is 8.48. The van der Waals surface area contributed by atoms with Crippen LogP contribution in [0.15, 0.2) is 24.3 Å². The van der Waals surface area contributed by atoms with Gasteiger partial charge in [-0.3, -0.25) is 4.90 Å². The minimum absolute atomic E-state index is 0. The van der Waals surface area contributed by atoms with Crippen molar-refractivity contribution >= 4 is 24.8 Å². The molecule has 0 bridgehead atoms. The zero-order valence-electron chi connectivity index (χ0n) is 11.1. The van der Waals surface area contributed by atoms with Gasteiger partial charge < -0.3 is 5.32 Å². The molecule has 116 valence electrons. The molecule has 0 amide bonds. The fraction of sp³-hybridized carbons (Fsp3) is 0.538. The van der Waals surface area contributed by atoms with Gasteiger partial charge in [-0.05, 0) is 12.5 Å².